The molecular weight excluding hydrogens is 404 g/mol. The molecule has 1 aromatic carbocycles. The minimum atomic E-state index is -0.144. The first-order chi connectivity index (χ1) is 15.4. The third kappa shape index (κ3) is 2.92. The van der Waals surface area contributed by atoms with Crippen LogP contribution in [0.2, 0.25) is 0 Å². The van der Waals surface area contributed by atoms with Crippen LogP contribution in [-0.4, -0.2) is 71.7 Å². The van der Waals surface area contributed by atoms with Crippen molar-refractivity contribution in [1.29, 1.82) is 0 Å². The predicted molar refractivity (Wildman–Crippen MR) is 119 cm³/mol. The minimum absolute atomic E-state index is 0.0399. The molecule has 6 heteroatoms. The molecular formula is C26H32N2O4. The van der Waals surface area contributed by atoms with Gasteiger partial charge in [0.05, 0.1) is 11.5 Å². The lowest BCUT2D eigenvalue weighted by molar-refractivity contribution is -0.146. The Morgan fingerprint density at radius 2 is 1.91 bits per heavy atom. The molecule has 2 aliphatic carbocycles. The normalized spacial score (nSPS) is 40.6. The van der Waals surface area contributed by atoms with E-state index in [2.05, 4.69) is 24.8 Å². The molecule has 4 fully saturated rings. The fourth-order valence-electron chi connectivity index (χ4n) is 6.97. The van der Waals surface area contributed by atoms with Gasteiger partial charge >= 0.3 is 5.97 Å². The van der Waals surface area contributed by atoms with Gasteiger partial charge in [-0.2, -0.15) is 0 Å². The lowest BCUT2D eigenvalue weighted by Crippen LogP contribution is -2.50. The second-order valence-electron chi connectivity index (χ2n) is 10.5. The molecule has 6 rings (SSSR count). The summed E-state index contributed by atoms with van der Waals surface area (Å²) in [5.41, 5.74) is 1.85. The smallest absolute Gasteiger partial charge is 0.310 e. The van der Waals surface area contributed by atoms with Crippen LogP contribution >= 0.6 is 0 Å². The fraction of sp³-hybridized carbons (Fsp3) is 0.615. The van der Waals surface area contributed by atoms with Gasteiger partial charge in [-0.05, 0) is 45.2 Å². The van der Waals surface area contributed by atoms with Crippen molar-refractivity contribution in [2.45, 2.75) is 50.4 Å². The molecule has 1 spiro atoms. The monoisotopic (exact) mass is 436 g/mol. The summed E-state index contributed by atoms with van der Waals surface area (Å²) in [4.78, 5) is 30.0. The number of nitrogens with zero attached hydrogens (tertiary/aromatic N) is 2. The quantitative estimate of drug-likeness (QED) is 0.414. The first-order valence-corrected chi connectivity index (χ1v) is 12.1. The van der Waals surface area contributed by atoms with Crippen LogP contribution in [0.15, 0.2) is 42.0 Å². The van der Waals surface area contributed by atoms with Gasteiger partial charge in [0.2, 0.25) is 0 Å². The lowest BCUT2D eigenvalue weighted by Gasteiger charge is -2.36. The van der Waals surface area contributed by atoms with E-state index >= 15 is 0 Å². The zero-order valence-corrected chi connectivity index (χ0v) is 19.0. The summed E-state index contributed by atoms with van der Waals surface area (Å²) in [5.74, 6) is 0.428. The zero-order chi connectivity index (χ0) is 22.1. The number of hydrogen-bond donors (Lipinski definition) is 0. The van der Waals surface area contributed by atoms with Gasteiger partial charge in [0.15, 0.2) is 0 Å². The van der Waals surface area contributed by atoms with Gasteiger partial charge in [0.25, 0.3) is 5.91 Å². The molecule has 6 atom stereocenters. The van der Waals surface area contributed by atoms with E-state index in [1.165, 1.54) is 5.57 Å². The third-order valence-electron chi connectivity index (χ3n) is 8.89. The van der Waals surface area contributed by atoms with E-state index in [4.69, 9.17) is 9.47 Å². The largest absolute Gasteiger partial charge is 0.461 e. The summed E-state index contributed by atoms with van der Waals surface area (Å²) in [6, 6.07) is 9.47. The van der Waals surface area contributed by atoms with Crippen LogP contribution in [-0.2, 0) is 14.3 Å². The molecule has 6 nitrogen and oxygen atoms in total. The van der Waals surface area contributed by atoms with Crippen molar-refractivity contribution in [2.24, 2.45) is 17.8 Å². The van der Waals surface area contributed by atoms with E-state index in [1.54, 1.807) is 0 Å². The summed E-state index contributed by atoms with van der Waals surface area (Å²) < 4.78 is 12.4. The number of hydrogen-bond acceptors (Lipinski definition) is 5. The third-order valence-corrected chi connectivity index (χ3v) is 8.89. The molecule has 0 bridgehead atoms. The number of carbonyl (C=O) groups excluding carboxylic acids is 2. The van der Waals surface area contributed by atoms with Crippen molar-refractivity contribution in [2.75, 3.05) is 32.7 Å². The number of piperazine rings is 1. The molecule has 0 unspecified atom stereocenters. The molecule has 1 saturated carbocycles. The molecule has 3 aliphatic heterocycles. The molecule has 0 N–H and O–H groups in total. The number of ether oxygens (including phenoxy) is 2. The predicted octanol–water partition coefficient (Wildman–Crippen LogP) is 2.89. The standard InChI is InChI=1S/C26H32N2O4/c1-17-8-11-26-21(17)22-19(9-10-25(26,2)32-26)20(24(30)31-22)16-27-12-14-28(15-13-27)23(29)18-6-4-3-5-7-18/h3-8,19-22H,9-16H2,1-2H3/t19-,20-,21+,22+,25-,26+/m0/s1. The maximum atomic E-state index is 13.0. The second kappa shape index (κ2) is 7.16. The Kier molecular flexibility index (Phi) is 4.57. The first kappa shape index (κ1) is 20.4. The molecule has 0 aromatic heterocycles. The molecule has 32 heavy (non-hydrogen) atoms. The lowest BCUT2D eigenvalue weighted by atomic mass is 9.77. The van der Waals surface area contributed by atoms with E-state index in [0.717, 1.165) is 44.5 Å². The molecule has 1 amide bonds. The first-order valence-electron chi connectivity index (χ1n) is 12.1. The highest BCUT2D eigenvalue weighted by Gasteiger charge is 2.75. The Morgan fingerprint density at radius 3 is 2.66 bits per heavy atom. The number of benzene rings is 1. The van der Waals surface area contributed by atoms with Gasteiger partial charge < -0.3 is 14.4 Å². The van der Waals surface area contributed by atoms with E-state index in [9.17, 15) is 9.59 Å². The number of carbonyl (C=O) groups is 2. The maximum absolute atomic E-state index is 13.0. The van der Waals surface area contributed by atoms with Crippen molar-refractivity contribution >= 4 is 11.9 Å². The van der Waals surface area contributed by atoms with Crippen LogP contribution in [0.5, 0.6) is 0 Å². The van der Waals surface area contributed by atoms with E-state index in [1.807, 2.05) is 35.2 Å². The Hall–Kier alpha value is -2.18. The topological polar surface area (TPSA) is 62.4 Å². The molecule has 0 radical (unpaired) electrons. The zero-order valence-electron chi connectivity index (χ0n) is 19.0. The van der Waals surface area contributed by atoms with Crippen molar-refractivity contribution in [1.82, 2.24) is 9.80 Å². The van der Waals surface area contributed by atoms with Gasteiger partial charge in [-0.1, -0.05) is 29.8 Å². The van der Waals surface area contributed by atoms with Crippen LogP contribution in [0.25, 0.3) is 0 Å². The van der Waals surface area contributed by atoms with Crippen LogP contribution in [0.1, 0.15) is 43.5 Å². The number of amides is 1. The molecule has 5 aliphatic rings. The summed E-state index contributed by atoms with van der Waals surface area (Å²) in [7, 11) is 0. The van der Waals surface area contributed by atoms with Crippen molar-refractivity contribution in [3.8, 4) is 0 Å². The Labute approximate surface area is 189 Å². The number of rotatable bonds is 3. The van der Waals surface area contributed by atoms with E-state index in [-0.39, 0.29) is 46.9 Å². The van der Waals surface area contributed by atoms with Gasteiger partial charge in [0, 0.05) is 50.1 Å². The summed E-state index contributed by atoms with van der Waals surface area (Å²) in [6.07, 6.45) is 5.16. The average molecular weight is 437 g/mol. The Balaban J connectivity index is 1.12. The average Bonchev–Trinajstić information content (AvgIpc) is 3.12. The highest BCUT2D eigenvalue weighted by Crippen LogP contribution is 2.67. The SMILES string of the molecule is CC1=CC[C@]23O[C@@]2(C)CC[C@@H]2[C@@H](OC(=O)[C@H]2CN2CCN(C(=O)c4ccccc4)CC2)[C@@H]13. The minimum Gasteiger partial charge on any atom is -0.461 e. The van der Waals surface area contributed by atoms with Gasteiger partial charge in [-0.3, -0.25) is 14.5 Å². The van der Waals surface area contributed by atoms with Gasteiger partial charge in [-0.15, -0.1) is 0 Å². The molecule has 1 aromatic rings. The molecule has 170 valence electrons. The highest BCUT2D eigenvalue weighted by molar-refractivity contribution is 5.94. The van der Waals surface area contributed by atoms with Crippen LogP contribution < -0.4 is 0 Å². The van der Waals surface area contributed by atoms with E-state index < -0.39 is 0 Å². The van der Waals surface area contributed by atoms with Crippen LogP contribution in [0, 0.1) is 17.8 Å². The van der Waals surface area contributed by atoms with Crippen molar-refractivity contribution < 1.29 is 19.1 Å². The second-order valence-corrected chi connectivity index (χ2v) is 10.5. The van der Waals surface area contributed by atoms with Crippen molar-refractivity contribution in [3.63, 3.8) is 0 Å². The summed E-state index contributed by atoms with van der Waals surface area (Å²) in [6.45, 7) is 8.14. The van der Waals surface area contributed by atoms with Gasteiger partial charge in [-0.25, -0.2) is 0 Å². The number of epoxide rings is 1. The Morgan fingerprint density at radius 1 is 1.16 bits per heavy atom. The van der Waals surface area contributed by atoms with Gasteiger partial charge in [0.1, 0.15) is 11.7 Å². The van der Waals surface area contributed by atoms with Crippen molar-refractivity contribution in [3.05, 3.63) is 47.5 Å². The fourth-order valence-corrected chi connectivity index (χ4v) is 6.97. The summed E-state index contributed by atoms with van der Waals surface area (Å²) >= 11 is 0. The maximum Gasteiger partial charge on any atom is 0.310 e. The highest BCUT2D eigenvalue weighted by atomic mass is 16.6. The Bertz CT molecular complexity index is 969. The number of fused-ring (bicyclic) bond motifs is 2. The molecule has 3 saturated heterocycles. The van der Waals surface area contributed by atoms with Crippen LogP contribution in [0.3, 0.4) is 0 Å². The van der Waals surface area contributed by atoms with E-state index in [0.29, 0.717) is 13.1 Å². The number of esters is 1. The molecule has 3 heterocycles. The van der Waals surface area contributed by atoms with Crippen LogP contribution in [0.4, 0.5) is 0 Å². The summed E-state index contributed by atoms with van der Waals surface area (Å²) in [5, 5.41) is 0.